The van der Waals surface area contributed by atoms with Crippen LogP contribution in [0.4, 0.5) is 0 Å². The molecule has 0 unspecified atom stereocenters. The summed E-state index contributed by atoms with van der Waals surface area (Å²) >= 11 is 0. The van der Waals surface area contributed by atoms with Crippen LogP contribution < -0.4 is 0 Å². The van der Waals surface area contributed by atoms with Crippen LogP contribution in [0, 0.1) is 0 Å². The van der Waals surface area contributed by atoms with Gasteiger partial charge in [-0.05, 0) is 113 Å². The smallest absolute Gasteiger partial charge is 0.0622 e. The highest BCUT2D eigenvalue weighted by Gasteiger charge is 2.21. The van der Waals surface area contributed by atoms with Crippen molar-refractivity contribution in [2.75, 3.05) is 0 Å². The van der Waals surface area contributed by atoms with E-state index in [9.17, 15) is 6.85 Å². The van der Waals surface area contributed by atoms with Gasteiger partial charge in [-0.1, -0.05) is 158 Å². The molecule has 1 aliphatic carbocycles. The van der Waals surface area contributed by atoms with Gasteiger partial charge in [0.05, 0.1) is 9.60 Å². The molecule has 1 aliphatic rings. The van der Waals surface area contributed by atoms with Gasteiger partial charge in [0, 0.05) is 0 Å². The van der Waals surface area contributed by atoms with Gasteiger partial charge in [0.2, 0.25) is 0 Å². The van der Waals surface area contributed by atoms with E-state index in [0.29, 0.717) is 55.3 Å². The van der Waals surface area contributed by atoms with Gasteiger partial charge in [-0.15, -0.1) is 0 Å². The summed E-state index contributed by atoms with van der Waals surface area (Å²) in [6.07, 6.45) is 4.93. The molecule has 8 aromatic carbocycles. The maximum Gasteiger partial charge on any atom is 0.0636 e. The summed E-state index contributed by atoms with van der Waals surface area (Å²) < 4.78 is 65.9. The van der Waals surface area contributed by atoms with Gasteiger partial charge in [-0.3, -0.25) is 0 Å². The van der Waals surface area contributed by atoms with Crippen LogP contribution in [-0.4, -0.2) is 0 Å². The number of hydrogen-bond acceptors (Lipinski definition) is 0. The van der Waals surface area contributed by atoms with Crippen molar-refractivity contribution >= 4 is 43.1 Å². The highest BCUT2D eigenvalue weighted by atomic mass is 14.3. The van der Waals surface area contributed by atoms with Crippen molar-refractivity contribution in [1.82, 2.24) is 0 Å². The molecule has 1 saturated carbocycles. The molecule has 8 aromatic rings. The molecule has 0 heterocycles. The molecule has 9 rings (SSSR count). The predicted molar refractivity (Wildman–Crippen MR) is 198 cm³/mol. The van der Waals surface area contributed by atoms with Gasteiger partial charge in [0.1, 0.15) is 0 Å². The Balaban J connectivity index is 1.49. The van der Waals surface area contributed by atoms with E-state index < -0.39 is 0 Å². The summed E-state index contributed by atoms with van der Waals surface area (Å²) in [4.78, 5) is 0. The average molecular weight is 596 g/mol. The molecule has 46 heavy (non-hydrogen) atoms. The molecule has 0 nitrogen and oxygen atoms in total. The second-order valence-corrected chi connectivity index (χ2v) is 12.6. The average Bonchev–Trinajstić information content (AvgIpc) is 3.74. The second kappa shape index (κ2) is 11.3. The highest BCUT2D eigenvalue weighted by molar-refractivity contribution is 6.16. The molecule has 0 aromatic heterocycles. The first-order valence-corrected chi connectivity index (χ1v) is 16.3. The van der Waals surface area contributed by atoms with Crippen molar-refractivity contribution in [1.29, 1.82) is 0 Å². The fourth-order valence-electron chi connectivity index (χ4n) is 7.69. The van der Waals surface area contributed by atoms with Crippen molar-refractivity contribution in [2.45, 2.75) is 38.0 Å². The van der Waals surface area contributed by atoms with Crippen LogP contribution in [0.5, 0.6) is 0 Å². The number of benzene rings is 8. The third-order valence-electron chi connectivity index (χ3n) is 9.89. The van der Waals surface area contributed by atoms with E-state index in [-0.39, 0.29) is 48.7 Å². The fraction of sp³-hybridized carbons (Fsp3) is 0.130. The van der Waals surface area contributed by atoms with Crippen molar-refractivity contribution in [2.24, 2.45) is 0 Å². The lowest BCUT2D eigenvalue weighted by Crippen LogP contribution is -1.99. The third-order valence-corrected chi connectivity index (χ3v) is 9.89. The lowest BCUT2D eigenvalue weighted by Gasteiger charge is -2.20. The maximum absolute atomic E-state index is 10.1. The van der Waals surface area contributed by atoms with Crippen molar-refractivity contribution < 1.29 is 9.60 Å². The van der Waals surface area contributed by atoms with E-state index >= 15 is 0 Å². The van der Waals surface area contributed by atoms with Crippen LogP contribution in [0.25, 0.3) is 65.3 Å². The Morgan fingerprint density at radius 1 is 0.543 bits per heavy atom. The lowest BCUT2D eigenvalue weighted by atomic mass is 9.83. The molecule has 0 radical (unpaired) electrons. The summed E-state index contributed by atoms with van der Waals surface area (Å²) in [5.41, 5.74) is 5.00. The first kappa shape index (κ1) is 20.8. The number of rotatable bonds is 5. The summed E-state index contributed by atoms with van der Waals surface area (Å²) in [7, 11) is 0. The minimum absolute atomic E-state index is 0.0714. The molecule has 0 amide bonds. The van der Waals surface area contributed by atoms with E-state index in [4.69, 9.17) is 2.74 Å². The van der Waals surface area contributed by atoms with Gasteiger partial charge in [0.15, 0.2) is 0 Å². The largest absolute Gasteiger partial charge is 0.0636 e. The van der Waals surface area contributed by atoms with Crippen molar-refractivity contribution in [3.8, 4) is 22.3 Å². The third kappa shape index (κ3) is 4.60. The van der Waals surface area contributed by atoms with Gasteiger partial charge in [0.25, 0.3) is 0 Å². The zero-order chi connectivity index (χ0) is 36.5. The van der Waals surface area contributed by atoms with Gasteiger partial charge < -0.3 is 0 Å². The monoisotopic (exact) mass is 595 g/mol. The standard InChI is InChI=1S/C46H36/c1-2-16-33(17-3-1)46-42-23-11-10-22-41(42)44(30-37-28-36(31-13-4-5-14-31)27-34-18-7-8-20-38(34)37)45-29-35(25-26-43(45)46)40-24-12-19-32-15-6-9-21-39(32)40/h1-3,6-12,15-29,31H,4-5,13-14,30H2/i10D,11D,22D,23D,25D,26D,29D. The Morgan fingerprint density at radius 3 is 2.09 bits per heavy atom. The fourth-order valence-corrected chi connectivity index (χ4v) is 7.69. The van der Waals surface area contributed by atoms with Crippen molar-refractivity contribution in [3.05, 3.63) is 168 Å². The molecule has 0 saturated heterocycles. The van der Waals surface area contributed by atoms with E-state index in [1.807, 2.05) is 84.9 Å². The van der Waals surface area contributed by atoms with E-state index in [2.05, 4.69) is 24.3 Å². The van der Waals surface area contributed by atoms with E-state index in [0.717, 1.165) is 39.9 Å². The Morgan fingerprint density at radius 2 is 1.24 bits per heavy atom. The minimum Gasteiger partial charge on any atom is -0.0622 e. The quantitative estimate of drug-likeness (QED) is 0.174. The Bertz CT molecular complexity index is 2780. The van der Waals surface area contributed by atoms with Crippen molar-refractivity contribution in [3.63, 3.8) is 0 Å². The topological polar surface area (TPSA) is 0 Å². The Labute approximate surface area is 280 Å². The molecule has 220 valence electrons. The van der Waals surface area contributed by atoms with Gasteiger partial charge in [-0.2, -0.15) is 0 Å². The summed E-state index contributed by atoms with van der Waals surface area (Å²) in [5, 5.41) is 5.47. The molecular formula is C46H36. The number of hydrogen-bond donors (Lipinski definition) is 0. The summed E-state index contributed by atoms with van der Waals surface area (Å²) in [6.45, 7) is 0. The second-order valence-electron chi connectivity index (χ2n) is 12.6. The van der Waals surface area contributed by atoms with E-state index in [1.165, 1.54) is 18.4 Å². The highest BCUT2D eigenvalue weighted by Crippen LogP contribution is 2.43. The van der Waals surface area contributed by atoms with Gasteiger partial charge >= 0.3 is 0 Å². The molecule has 0 heteroatoms. The molecule has 0 bridgehead atoms. The molecule has 1 fully saturated rings. The zero-order valence-electron chi connectivity index (χ0n) is 32.5. The van der Waals surface area contributed by atoms with E-state index in [1.54, 1.807) is 0 Å². The molecular weight excluding hydrogens is 553 g/mol. The molecule has 0 spiro atoms. The summed E-state index contributed by atoms with van der Waals surface area (Å²) in [6, 6.07) is 34.8. The van der Waals surface area contributed by atoms with Crippen LogP contribution in [0.3, 0.4) is 0 Å². The maximum atomic E-state index is 10.1. The minimum atomic E-state index is -0.352. The number of fused-ring (bicyclic) bond motifs is 4. The van der Waals surface area contributed by atoms with Crippen LogP contribution in [-0.2, 0) is 6.42 Å². The molecule has 0 aliphatic heterocycles. The molecule has 0 N–H and O–H groups in total. The first-order valence-electron chi connectivity index (χ1n) is 19.8. The summed E-state index contributed by atoms with van der Waals surface area (Å²) in [5.74, 6) is 0.444. The van der Waals surface area contributed by atoms with Crippen LogP contribution >= 0.6 is 0 Å². The lowest BCUT2D eigenvalue weighted by molar-refractivity contribution is 0.723. The Kier molecular flexibility index (Phi) is 5.10. The molecule has 0 atom stereocenters. The van der Waals surface area contributed by atoms with Crippen LogP contribution in [0.1, 0.15) is 57.9 Å². The Hall–Kier alpha value is -5.20. The predicted octanol–water partition coefficient (Wildman–Crippen LogP) is 12.9. The zero-order valence-corrected chi connectivity index (χ0v) is 25.5. The van der Waals surface area contributed by atoms with Crippen LogP contribution in [0.2, 0.25) is 0 Å². The van der Waals surface area contributed by atoms with Gasteiger partial charge in [-0.25, -0.2) is 0 Å². The first-order chi connectivity index (χ1) is 25.7. The normalized spacial score (nSPS) is 15.9. The van der Waals surface area contributed by atoms with Crippen LogP contribution in [0.15, 0.2) is 151 Å². The SMILES string of the molecule is [2H]c1c([2H])c([2H])c2c(-c3ccccc3)c3c([2H])c([2H])c(-c4cccc5ccccc45)c([2H])c3c(Cc3cc(C4CCCC4)cc4ccccc34)c2c1[2H].